The van der Waals surface area contributed by atoms with Crippen LogP contribution >= 0.6 is 15.9 Å². The van der Waals surface area contributed by atoms with E-state index in [0.717, 1.165) is 32.5 Å². The van der Waals surface area contributed by atoms with Crippen LogP contribution in [0.5, 0.6) is 0 Å². The molecule has 0 aliphatic heterocycles. The van der Waals surface area contributed by atoms with Gasteiger partial charge < -0.3 is 4.90 Å². The van der Waals surface area contributed by atoms with E-state index in [2.05, 4.69) is 52.0 Å². The van der Waals surface area contributed by atoms with Gasteiger partial charge in [0.25, 0.3) is 0 Å². The van der Waals surface area contributed by atoms with E-state index in [1.807, 2.05) is 6.07 Å². The smallest absolute Gasteiger partial charge is 0.144 e. The predicted octanol–water partition coefficient (Wildman–Crippen LogP) is 3.30. The van der Waals surface area contributed by atoms with E-state index in [4.69, 9.17) is 0 Å². The van der Waals surface area contributed by atoms with Crippen LogP contribution in [0.4, 0.5) is 0 Å². The predicted molar refractivity (Wildman–Crippen MR) is 80.3 cm³/mol. The van der Waals surface area contributed by atoms with E-state index in [1.165, 1.54) is 5.56 Å². The molecule has 0 heterocycles. The molecule has 0 atom stereocenters. The van der Waals surface area contributed by atoms with Crippen LogP contribution in [0.2, 0.25) is 0 Å². The van der Waals surface area contributed by atoms with Gasteiger partial charge in [-0.15, -0.1) is 0 Å². The molecule has 1 aromatic rings. The number of ketones is 1. The first kappa shape index (κ1) is 15.4. The molecule has 0 amide bonds. The third-order valence-electron chi connectivity index (χ3n) is 2.96. The van der Waals surface area contributed by atoms with Crippen LogP contribution in [0.25, 0.3) is 0 Å². The molecule has 0 saturated carbocycles. The minimum atomic E-state index is 0.288. The number of nitrogens with zero attached hydrogens (tertiary/aromatic N) is 1. The summed E-state index contributed by atoms with van der Waals surface area (Å²) < 4.78 is 0. The Bertz CT molecular complexity index is 340. The number of carbonyl (C=O) groups is 1. The Hall–Kier alpha value is -0.670. The van der Waals surface area contributed by atoms with Crippen LogP contribution in [0.1, 0.15) is 25.3 Å². The number of alkyl halides is 1. The highest BCUT2D eigenvalue weighted by molar-refractivity contribution is 9.09. The summed E-state index contributed by atoms with van der Waals surface area (Å²) in [4.78, 5) is 13.7. The van der Waals surface area contributed by atoms with Gasteiger partial charge in [0.1, 0.15) is 5.78 Å². The molecule has 0 N–H and O–H groups in total. The number of Topliss-reactive ketones (excluding diaryl/α,β-unsaturated/α-hetero) is 1. The SMILES string of the molecule is CCCN(CCC(=O)CBr)CCc1ccccc1. The number of rotatable bonds is 9. The normalized spacial score (nSPS) is 10.8. The number of carbonyl (C=O) groups excluding carboxylic acids is 1. The van der Waals surface area contributed by atoms with E-state index in [-0.39, 0.29) is 5.78 Å². The minimum absolute atomic E-state index is 0.288. The molecule has 1 aromatic carbocycles. The van der Waals surface area contributed by atoms with Crippen molar-refractivity contribution >= 4 is 21.7 Å². The van der Waals surface area contributed by atoms with Crippen molar-refractivity contribution in [2.24, 2.45) is 0 Å². The molecule has 1 rings (SSSR count). The zero-order chi connectivity index (χ0) is 13.2. The summed E-state index contributed by atoms with van der Waals surface area (Å²) in [7, 11) is 0. The lowest BCUT2D eigenvalue weighted by Gasteiger charge is -2.21. The molecule has 0 radical (unpaired) electrons. The first-order valence-corrected chi connectivity index (χ1v) is 7.72. The van der Waals surface area contributed by atoms with Crippen molar-refractivity contribution in [3.63, 3.8) is 0 Å². The van der Waals surface area contributed by atoms with Gasteiger partial charge in [0.2, 0.25) is 0 Å². The zero-order valence-corrected chi connectivity index (χ0v) is 12.7. The zero-order valence-electron chi connectivity index (χ0n) is 11.1. The summed E-state index contributed by atoms with van der Waals surface area (Å²) in [5, 5.41) is 0.478. The minimum Gasteiger partial charge on any atom is -0.303 e. The van der Waals surface area contributed by atoms with Crippen LogP contribution < -0.4 is 0 Å². The average Bonchev–Trinajstić information content (AvgIpc) is 2.42. The third-order valence-corrected chi connectivity index (χ3v) is 3.58. The molecular weight excluding hydrogens is 290 g/mol. The Balaban J connectivity index is 2.35. The number of halogens is 1. The van der Waals surface area contributed by atoms with Gasteiger partial charge in [0.15, 0.2) is 0 Å². The molecule has 2 nitrogen and oxygen atoms in total. The molecule has 0 fully saturated rings. The molecule has 18 heavy (non-hydrogen) atoms. The molecule has 100 valence electrons. The van der Waals surface area contributed by atoms with Crippen molar-refractivity contribution in [3.05, 3.63) is 35.9 Å². The van der Waals surface area contributed by atoms with Gasteiger partial charge >= 0.3 is 0 Å². The van der Waals surface area contributed by atoms with E-state index in [0.29, 0.717) is 11.8 Å². The third kappa shape index (κ3) is 6.31. The van der Waals surface area contributed by atoms with Gasteiger partial charge in [-0.25, -0.2) is 0 Å². The molecule has 0 saturated heterocycles. The molecule has 0 unspecified atom stereocenters. The molecule has 0 aromatic heterocycles. The van der Waals surface area contributed by atoms with Crippen molar-refractivity contribution in [2.75, 3.05) is 25.0 Å². The summed E-state index contributed by atoms with van der Waals surface area (Å²) in [5.74, 6) is 0.288. The number of benzene rings is 1. The van der Waals surface area contributed by atoms with Crippen LogP contribution in [-0.2, 0) is 11.2 Å². The van der Waals surface area contributed by atoms with Crippen LogP contribution in [0, 0.1) is 0 Å². The van der Waals surface area contributed by atoms with Crippen molar-refractivity contribution in [3.8, 4) is 0 Å². The van der Waals surface area contributed by atoms with Crippen molar-refractivity contribution in [1.82, 2.24) is 4.90 Å². The Morgan fingerprint density at radius 1 is 1.17 bits per heavy atom. The fourth-order valence-electron chi connectivity index (χ4n) is 1.93. The highest BCUT2D eigenvalue weighted by Crippen LogP contribution is 2.03. The molecule has 3 heteroatoms. The first-order chi connectivity index (χ1) is 8.76. The summed E-state index contributed by atoms with van der Waals surface area (Å²) in [6, 6.07) is 10.5. The summed E-state index contributed by atoms with van der Waals surface area (Å²) in [6.45, 7) is 5.17. The van der Waals surface area contributed by atoms with E-state index >= 15 is 0 Å². The van der Waals surface area contributed by atoms with Gasteiger partial charge in [-0.3, -0.25) is 4.79 Å². The van der Waals surface area contributed by atoms with Crippen molar-refractivity contribution in [1.29, 1.82) is 0 Å². The quantitative estimate of drug-likeness (QED) is 0.652. The lowest BCUT2D eigenvalue weighted by molar-refractivity contribution is -0.116. The standard InChI is InChI=1S/C15H22BrNO/c1-2-10-17(12-9-15(18)13-16)11-8-14-6-4-3-5-7-14/h3-7H,2,8-13H2,1H3. The fourth-order valence-corrected chi connectivity index (χ4v) is 2.21. The molecule has 0 aliphatic carbocycles. The fraction of sp³-hybridized carbons (Fsp3) is 0.533. The molecule has 0 aliphatic rings. The Morgan fingerprint density at radius 3 is 2.50 bits per heavy atom. The lowest BCUT2D eigenvalue weighted by Crippen LogP contribution is -2.29. The monoisotopic (exact) mass is 311 g/mol. The largest absolute Gasteiger partial charge is 0.303 e. The molecular formula is C15H22BrNO. The second kappa shape index (κ2) is 9.29. The maximum Gasteiger partial charge on any atom is 0.144 e. The molecule has 0 bridgehead atoms. The van der Waals surface area contributed by atoms with Crippen LogP contribution in [-0.4, -0.2) is 35.6 Å². The van der Waals surface area contributed by atoms with Gasteiger partial charge in [-0.05, 0) is 24.9 Å². The average molecular weight is 312 g/mol. The Kier molecular flexibility index (Phi) is 7.94. The first-order valence-electron chi connectivity index (χ1n) is 6.60. The van der Waals surface area contributed by atoms with Crippen molar-refractivity contribution < 1.29 is 4.79 Å². The highest BCUT2D eigenvalue weighted by atomic mass is 79.9. The maximum absolute atomic E-state index is 11.3. The lowest BCUT2D eigenvalue weighted by atomic mass is 10.1. The maximum atomic E-state index is 11.3. The topological polar surface area (TPSA) is 20.3 Å². The summed E-state index contributed by atoms with van der Waals surface area (Å²) in [6.07, 6.45) is 2.85. The number of hydrogen-bond donors (Lipinski definition) is 0. The molecule has 0 spiro atoms. The Labute approximate surface area is 119 Å². The van der Waals surface area contributed by atoms with Gasteiger partial charge in [0.05, 0.1) is 5.33 Å². The van der Waals surface area contributed by atoms with Crippen LogP contribution in [0.15, 0.2) is 30.3 Å². The van der Waals surface area contributed by atoms with E-state index in [9.17, 15) is 4.79 Å². The highest BCUT2D eigenvalue weighted by Gasteiger charge is 2.07. The van der Waals surface area contributed by atoms with Gasteiger partial charge in [0, 0.05) is 19.5 Å². The summed E-state index contributed by atoms with van der Waals surface area (Å²) >= 11 is 3.21. The van der Waals surface area contributed by atoms with E-state index < -0.39 is 0 Å². The van der Waals surface area contributed by atoms with Crippen LogP contribution in [0.3, 0.4) is 0 Å². The van der Waals surface area contributed by atoms with Crippen molar-refractivity contribution in [2.45, 2.75) is 26.2 Å². The second-order valence-corrected chi connectivity index (χ2v) is 5.06. The van der Waals surface area contributed by atoms with E-state index in [1.54, 1.807) is 0 Å². The summed E-state index contributed by atoms with van der Waals surface area (Å²) in [5.41, 5.74) is 1.37. The van der Waals surface area contributed by atoms with Gasteiger partial charge in [-0.1, -0.05) is 53.2 Å². The second-order valence-electron chi connectivity index (χ2n) is 4.50. The number of hydrogen-bond acceptors (Lipinski definition) is 2. The Morgan fingerprint density at radius 2 is 1.89 bits per heavy atom. The van der Waals surface area contributed by atoms with Gasteiger partial charge in [-0.2, -0.15) is 0 Å².